The maximum atomic E-state index is 9.19. The van der Waals surface area contributed by atoms with E-state index in [1.807, 2.05) is 0 Å². The summed E-state index contributed by atoms with van der Waals surface area (Å²) in [6.07, 6.45) is 3.62. The molecule has 1 heterocycles. The molecule has 84 valence electrons. The zero-order valence-corrected chi connectivity index (χ0v) is 11.0. The Hall–Kier alpha value is 0.1000. The summed E-state index contributed by atoms with van der Waals surface area (Å²) < 4.78 is 1.18. The lowest BCUT2D eigenvalue weighted by Gasteiger charge is -2.18. The third kappa shape index (κ3) is 3.03. The van der Waals surface area contributed by atoms with E-state index in [1.54, 1.807) is 11.3 Å². The first-order valence-corrected chi connectivity index (χ1v) is 6.99. The molecule has 1 aliphatic carbocycles. The second-order valence-electron chi connectivity index (χ2n) is 4.07. The summed E-state index contributed by atoms with van der Waals surface area (Å²) in [5, 5.41) is 12.7. The number of rotatable bonds is 4. The standard InChI is InChI=1S/C11H16BrNOS/c12-11-5-4-9(15-11)6-13-10-3-1-2-8(10)7-14/h4-5,8,10,13-14H,1-3,6-7H2. The molecule has 0 saturated heterocycles. The summed E-state index contributed by atoms with van der Waals surface area (Å²) in [5.74, 6) is 0.466. The van der Waals surface area contributed by atoms with Gasteiger partial charge in [0.25, 0.3) is 0 Å². The molecule has 15 heavy (non-hydrogen) atoms. The van der Waals surface area contributed by atoms with Crippen molar-refractivity contribution in [2.45, 2.75) is 31.8 Å². The van der Waals surface area contributed by atoms with Crippen molar-refractivity contribution >= 4 is 27.3 Å². The van der Waals surface area contributed by atoms with Crippen molar-refractivity contribution in [2.75, 3.05) is 6.61 Å². The Kier molecular flexibility index (Phi) is 4.20. The SMILES string of the molecule is OCC1CCCC1NCc1ccc(Br)s1. The Balaban J connectivity index is 1.82. The number of halogens is 1. The molecule has 0 radical (unpaired) electrons. The van der Waals surface area contributed by atoms with Crippen LogP contribution in [0.5, 0.6) is 0 Å². The number of hydrogen-bond acceptors (Lipinski definition) is 3. The van der Waals surface area contributed by atoms with E-state index in [2.05, 4.69) is 33.4 Å². The normalized spacial score (nSPS) is 26.0. The summed E-state index contributed by atoms with van der Waals surface area (Å²) in [6.45, 7) is 1.25. The van der Waals surface area contributed by atoms with Crippen molar-refractivity contribution in [3.8, 4) is 0 Å². The molecule has 1 saturated carbocycles. The van der Waals surface area contributed by atoms with Crippen LogP contribution >= 0.6 is 27.3 Å². The van der Waals surface area contributed by atoms with Crippen LogP contribution in [0.2, 0.25) is 0 Å². The van der Waals surface area contributed by atoms with Crippen LogP contribution in [-0.2, 0) is 6.54 Å². The number of aliphatic hydroxyl groups is 1. The Morgan fingerprint density at radius 3 is 3.00 bits per heavy atom. The van der Waals surface area contributed by atoms with Gasteiger partial charge in [0.1, 0.15) is 0 Å². The maximum absolute atomic E-state index is 9.19. The minimum Gasteiger partial charge on any atom is -0.396 e. The smallest absolute Gasteiger partial charge is 0.0701 e. The Bertz CT molecular complexity index is 315. The monoisotopic (exact) mass is 289 g/mol. The fourth-order valence-corrected chi connectivity index (χ4v) is 3.64. The Morgan fingerprint density at radius 2 is 2.33 bits per heavy atom. The van der Waals surface area contributed by atoms with E-state index in [0.717, 1.165) is 6.54 Å². The van der Waals surface area contributed by atoms with Crippen molar-refractivity contribution in [3.05, 3.63) is 20.8 Å². The van der Waals surface area contributed by atoms with Crippen LogP contribution in [0.25, 0.3) is 0 Å². The lowest BCUT2D eigenvalue weighted by atomic mass is 10.1. The van der Waals surface area contributed by atoms with Crippen molar-refractivity contribution in [1.29, 1.82) is 0 Å². The lowest BCUT2D eigenvalue weighted by molar-refractivity contribution is 0.205. The molecule has 4 heteroatoms. The summed E-state index contributed by atoms with van der Waals surface area (Å²) in [6, 6.07) is 4.74. The molecule has 2 unspecified atom stereocenters. The summed E-state index contributed by atoms with van der Waals surface area (Å²) >= 11 is 5.23. The first-order chi connectivity index (χ1) is 7.29. The van der Waals surface area contributed by atoms with Crippen molar-refractivity contribution in [2.24, 2.45) is 5.92 Å². The average molecular weight is 290 g/mol. The van der Waals surface area contributed by atoms with Crippen molar-refractivity contribution < 1.29 is 5.11 Å². The third-order valence-electron chi connectivity index (χ3n) is 3.06. The molecule has 1 aromatic heterocycles. The van der Waals surface area contributed by atoms with Gasteiger partial charge in [0, 0.05) is 24.1 Å². The van der Waals surface area contributed by atoms with Gasteiger partial charge in [-0.25, -0.2) is 0 Å². The molecule has 1 fully saturated rings. The molecule has 1 aromatic rings. The molecule has 2 rings (SSSR count). The molecule has 0 amide bonds. The Morgan fingerprint density at radius 1 is 1.47 bits per heavy atom. The van der Waals surface area contributed by atoms with Crippen molar-refractivity contribution in [1.82, 2.24) is 5.32 Å². The van der Waals surface area contributed by atoms with Crippen LogP contribution in [0.1, 0.15) is 24.1 Å². The molecule has 2 N–H and O–H groups in total. The predicted molar refractivity (Wildman–Crippen MR) is 67.1 cm³/mol. The van der Waals surface area contributed by atoms with Gasteiger partial charge in [0.2, 0.25) is 0 Å². The fourth-order valence-electron chi connectivity index (χ4n) is 2.20. The molecule has 1 aliphatic rings. The molecule has 0 aromatic carbocycles. The van der Waals surface area contributed by atoms with Gasteiger partial charge in [-0.05, 0) is 46.8 Å². The van der Waals surface area contributed by atoms with Crippen LogP contribution in [0.15, 0.2) is 15.9 Å². The van der Waals surface area contributed by atoms with Crippen LogP contribution in [0.4, 0.5) is 0 Å². The van der Waals surface area contributed by atoms with Crippen LogP contribution in [0, 0.1) is 5.92 Å². The van der Waals surface area contributed by atoms with Crippen molar-refractivity contribution in [3.63, 3.8) is 0 Å². The number of hydrogen-bond donors (Lipinski definition) is 2. The summed E-state index contributed by atoms with van der Waals surface area (Å²) in [5.41, 5.74) is 0. The van der Waals surface area contributed by atoms with Gasteiger partial charge in [-0.15, -0.1) is 11.3 Å². The maximum Gasteiger partial charge on any atom is 0.0701 e. The Labute approximate surface area is 103 Å². The minimum absolute atomic E-state index is 0.325. The molecule has 0 spiro atoms. The zero-order chi connectivity index (χ0) is 10.7. The second kappa shape index (κ2) is 5.43. The van der Waals surface area contributed by atoms with E-state index in [0.29, 0.717) is 18.6 Å². The number of aliphatic hydroxyl groups excluding tert-OH is 1. The van der Waals surface area contributed by atoms with Gasteiger partial charge in [-0.1, -0.05) is 6.42 Å². The fraction of sp³-hybridized carbons (Fsp3) is 0.636. The largest absolute Gasteiger partial charge is 0.396 e. The highest BCUT2D eigenvalue weighted by atomic mass is 79.9. The molecule has 2 atom stereocenters. The minimum atomic E-state index is 0.325. The first kappa shape index (κ1) is 11.6. The molecule has 0 aliphatic heterocycles. The summed E-state index contributed by atoms with van der Waals surface area (Å²) in [4.78, 5) is 1.35. The van der Waals surface area contributed by atoms with Gasteiger partial charge in [-0.3, -0.25) is 0 Å². The molecular weight excluding hydrogens is 274 g/mol. The van der Waals surface area contributed by atoms with Crippen LogP contribution in [0.3, 0.4) is 0 Å². The number of thiophene rings is 1. The van der Waals surface area contributed by atoms with Gasteiger partial charge in [0.05, 0.1) is 3.79 Å². The topological polar surface area (TPSA) is 32.3 Å². The van der Waals surface area contributed by atoms with E-state index in [-0.39, 0.29) is 0 Å². The molecular formula is C11H16BrNOS. The highest BCUT2D eigenvalue weighted by Gasteiger charge is 2.25. The van der Waals surface area contributed by atoms with Gasteiger partial charge >= 0.3 is 0 Å². The molecule has 0 bridgehead atoms. The van der Waals surface area contributed by atoms with Gasteiger partial charge in [0.15, 0.2) is 0 Å². The van der Waals surface area contributed by atoms with E-state index in [1.165, 1.54) is 27.9 Å². The molecule has 2 nitrogen and oxygen atoms in total. The quantitative estimate of drug-likeness (QED) is 0.893. The van der Waals surface area contributed by atoms with E-state index in [4.69, 9.17) is 0 Å². The highest BCUT2D eigenvalue weighted by Crippen LogP contribution is 2.26. The first-order valence-electron chi connectivity index (χ1n) is 5.38. The second-order valence-corrected chi connectivity index (χ2v) is 6.61. The van der Waals surface area contributed by atoms with E-state index >= 15 is 0 Å². The third-order valence-corrected chi connectivity index (χ3v) is 4.68. The van der Waals surface area contributed by atoms with E-state index in [9.17, 15) is 5.11 Å². The number of nitrogens with one attached hydrogen (secondary N) is 1. The predicted octanol–water partition coefficient (Wildman–Crippen LogP) is 2.76. The lowest BCUT2D eigenvalue weighted by Crippen LogP contribution is -2.33. The average Bonchev–Trinajstić information content (AvgIpc) is 2.83. The zero-order valence-electron chi connectivity index (χ0n) is 8.58. The van der Waals surface area contributed by atoms with Crippen LogP contribution in [-0.4, -0.2) is 17.8 Å². The van der Waals surface area contributed by atoms with Gasteiger partial charge < -0.3 is 10.4 Å². The summed E-state index contributed by atoms with van der Waals surface area (Å²) in [7, 11) is 0. The highest BCUT2D eigenvalue weighted by molar-refractivity contribution is 9.11. The van der Waals surface area contributed by atoms with E-state index < -0.39 is 0 Å². The van der Waals surface area contributed by atoms with Crippen LogP contribution < -0.4 is 5.32 Å². The van der Waals surface area contributed by atoms with Gasteiger partial charge in [-0.2, -0.15) is 0 Å².